The number of amides is 1. The maximum atomic E-state index is 12.0. The van der Waals surface area contributed by atoms with Gasteiger partial charge in [0.1, 0.15) is 0 Å². The van der Waals surface area contributed by atoms with Crippen LogP contribution in [0.15, 0.2) is 59.6 Å². The lowest BCUT2D eigenvalue weighted by atomic mass is 10.0. The zero-order valence-electron chi connectivity index (χ0n) is 15.9. The van der Waals surface area contributed by atoms with Gasteiger partial charge in [0.15, 0.2) is 5.96 Å². The second-order valence-corrected chi connectivity index (χ2v) is 6.71. The third-order valence-electron chi connectivity index (χ3n) is 4.58. The monoisotopic (exact) mass is 478 g/mol. The van der Waals surface area contributed by atoms with E-state index in [9.17, 15) is 4.79 Å². The summed E-state index contributed by atoms with van der Waals surface area (Å²) < 4.78 is 0. The second-order valence-electron chi connectivity index (χ2n) is 6.71. The molecule has 0 saturated heterocycles. The van der Waals surface area contributed by atoms with Crippen LogP contribution in [0, 0.1) is 0 Å². The molecule has 144 valence electrons. The van der Waals surface area contributed by atoms with Crippen LogP contribution >= 0.6 is 24.0 Å². The Hall–Kier alpha value is -2.09. The highest BCUT2D eigenvalue weighted by atomic mass is 127. The molecule has 0 aliphatic carbocycles. The summed E-state index contributed by atoms with van der Waals surface area (Å²) in [5.41, 5.74) is 3.88. The summed E-state index contributed by atoms with van der Waals surface area (Å²) in [4.78, 5) is 20.6. The molecule has 3 rings (SSSR count). The third kappa shape index (κ3) is 5.95. The standard InChI is InChI=1S/C21H26N4O.HI/c1-24(2)20(26)15-23-21(22-14-17-8-4-3-5-9-17)25-13-12-18-10-6-7-11-19(18)16-25;/h3-11H,12-16H2,1-2H3,(H,22,23);1H. The molecule has 0 atom stereocenters. The number of nitrogens with one attached hydrogen (secondary N) is 1. The minimum atomic E-state index is 0. The molecular weight excluding hydrogens is 451 g/mol. The van der Waals surface area contributed by atoms with Crippen LogP contribution in [0.2, 0.25) is 0 Å². The van der Waals surface area contributed by atoms with E-state index in [1.54, 1.807) is 19.0 Å². The van der Waals surface area contributed by atoms with Crippen LogP contribution < -0.4 is 5.32 Å². The number of carbonyl (C=O) groups excluding carboxylic acids is 1. The van der Waals surface area contributed by atoms with Crippen LogP contribution in [-0.4, -0.2) is 48.9 Å². The van der Waals surface area contributed by atoms with Crippen LogP contribution in [0.1, 0.15) is 16.7 Å². The fourth-order valence-electron chi connectivity index (χ4n) is 3.01. The first-order valence-electron chi connectivity index (χ1n) is 8.97. The summed E-state index contributed by atoms with van der Waals surface area (Å²) in [5, 5.41) is 3.26. The van der Waals surface area contributed by atoms with Gasteiger partial charge < -0.3 is 15.1 Å². The van der Waals surface area contributed by atoms with Crippen LogP contribution in [0.5, 0.6) is 0 Å². The van der Waals surface area contributed by atoms with Gasteiger partial charge >= 0.3 is 0 Å². The molecule has 0 fully saturated rings. The predicted molar refractivity (Wildman–Crippen MR) is 120 cm³/mol. The number of aliphatic imine (C=N–C) groups is 1. The number of fused-ring (bicyclic) bond motifs is 1. The topological polar surface area (TPSA) is 47.9 Å². The normalized spacial score (nSPS) is 13.4. The van der Waals surface area contributed by atoms with E-state index >= 15 is 0 Å². The van der Waals surface area contributed by atoms with Crippen LogP contribution in [0.25, 0.3) is 0 Å². The summed E-state index contributed by atoms with van der Waals surface area (Å²) >= 11 is 0. The van der Waals surface area contributed by atoms with Gasteiger partial charge in [0, 0.05) is 27.2 Å². The van der Waals surface area contributed by atoms with Crippen LogP contribution in [0.4, 0.5) is 0 Å². The Labute approximate surface area is 178 Å². The fourth-order valence-corrected chi connectivity index (χ4v) is 3.01. The molecule has 0 saturated carbocycles. The molecule has 2 aromatic carbocycles. The molecule has 6 heteroatoms. The summed E-state index contributed by atoms with van der Waals surface area (Å²) in [5.74, 6) is 0.827. The van der Waals surface area contributed by atoms with Gasteiger partial charge in [-0.1, -0.05) is 54.6 Å². The lowest BCUT2D eigenvalue weighted by Crippen LogP contribution is -2.47. The van der Waals surface area contributed by atoms with Crippen molar-refractivity contribution in [2.75, 3.05) is 27.2 Å². The highest BCUT2D eigenvalue weighted by Crippen LogP contribution is 2.18. The van der Waals surface area contributed by atoms with Crippen LogP contribution in [0.3, 0.4) is 0 Å². The highest BCUT2D eigenvalue weighted by Gasteiger charge is 2.19. The SMILES string of the molecule is CN(C)C(=O)CNC(=NCc1ccccc1)N1CCc2ccccc2C1.I. The molecule has 1 N–H and O–H groups in total. The molecule has 27 heavy (non-hydrogen) atoms. The number of rotatable bonds is 4. The molecule has 1 aliphatic heterocycles. The lowest BCUT2D eigenvalue weighted by molar-refractivity contribution is -0.127. The Morgan fingerprint density at radius 2 is 1.74 bits per heavy atom. The quantitative estimate of drug-likeness (QED) is 0.418. The van der Waals surface area contributed by atoms with E-state index in [-0.39, 0.29) is 36.4 Å². The average Bonchev–Trinajstić information content (AvgIpc) is 2.68. The lowest BCUT2D eigenvalue weighted by Gasteiger charge is -2.32. The molecule has 0 bridgehead atoms. The predicted octanol–water partition coefficient (Wildman–Crippen LogP) is 2.90. The number of hydrogen-bond acceptors (Lipinski definition) is 2. The van der Waals surface area contributed by atoms with Crippen molar-refractivity contribution < 1.29 is 4.79 Å². The number of benzene rings is 2. The number of carbonyl (C=O) groups is 1. The molecule has 0 aromatic heterocycles. The van der Waals surface area contributed by atoms with Crippen molar-refractivity contribution in [3.8, 4) is 0 Å². The zero-order valence-corrected chi connectivity index (χ0v) is 18.2. The Morgan fingerprint density at radius 3 is 2.44 bits per heavy atom. The van der Waals surface area contributed by atoms with E-state index in [1.165, 1.54) is 11.1 Å². The first-order chi connectivity index (χ1) is 12.6. The minimum absolute atomic E-state index is 0. The maximum Gasteiger partial charge on any atom is 0.241 e. The van der Waals surface area contributed by atoms with Crippen molar-refractivity contribution in [2.24, 2.45) is 4.99 Å². The van der Waals surface area contributed by atoms with Crippen molar-refractivity contribution >= 4 is 35.8 Å². The fraction of sp³-hybridized carbons (Fsp3) is 0.333. The molecule has 0 radical (unpaired) electrons. The molecule has 2 aromatic rings. The van der Waals surface area contributed by atoms with Gasteiger partial charge in [-0.15, -0.1) is 24.0 Å². The van der Waals surface area contributed by atoms with Crippen molar-refractivity contribution in [1.29, 1.82) is 0 Å². The van der Waals surface area contributed by atoms with E-state index in [2.05, 4.69) is 46.6 Å². The Balaban J connectivity index is 0.00000261. The number of nitrogens with zero attached hydrogens (tertiary/aromatic N) is 3. The Morgan fingerprint density at radius 1 is 1.07 bits per heavy atom. The first-order valence-corrected chi connectivity index (χ1v) is 8.97. The molecule has 0 spiro atoms. The Bertz CT molecular complexity index is 777. The van der Waals surface area contributed by atoms with Gasteiger partial charge in [-0.25, -0.2) is 4.99 Å². The zero-order chi connectivity index (χ0) is 18.4. The largest absolute Gasteiger partial charge is 0.347 e. The maximum absolute atomic E-state index is 12.0. The van der Waals surface area contributed by atoms with Gasteiger partial charge in [-0.3, -0.25) is 4.79 Å². The highest BCUT2D eigenvalue weighted by molar-refractivity contribution is 14.0. The van der Waals surface area contributed by atoms with Crippen molar-refractivity contribution in [2.45, 2.75) is 19.5 Å². The summed E-state index contributed by atoms with van der Waals surface area (Å²) in [6.07, 6.45) is 0.990. The van der Waals surface area contributed by atoms with E-state index < -0.39 is 0 Å². The second kappa shape index (κ2) is 10.3. The van der Waals surface area contributed by atoms with Gasteiger partial charge in [0.05, 0.1) is 13.1 Å². The molecule has 0 unspecified atom stereocenters. The summed E-state index contributed by atoms with van der Waals surface area (Å²) in [6.45, 7) is 2.55. The van der Waals surface area contributed by atoms with Gasteiger partial charge in [0.25, 0.3) is 0 Å². The van der Waals surface area contributed by atoms with E-state index in [4.69, 9.17) is 4.99 Å². The molecular formula is C21H27IN4O. The molecule has 1 aliphatic rings. The number of likely N-dealkylation sites (N-methyl/N-ethyl adjacent to an activating group) is 1. The van der Waals surface area contributed by atoms with E-state index in [0.717, 1.165) is 31.0 Å². The Kier molecular flexibility index (Phi) is 8.09. The average molecular weight is 478 g/mol. The van der Waals surface area contributed by atoms with Crippen molar-refractivity contribution in [1.82, 2.24) is 15.1 Å². The van der Waals surface area contributed by atoms with E-state index in [1.807, 2.05) is 18.2 Å². The van der Waals surface area contributed by atoms with Gasteiger partial charge in [-0.05, 0) is 23.1 Å². The number of halogens is 1. The smallest absolute Gasteiger partial charge is 0.241 e. The number of guanidine groups is 1. The molecule has 1 heterocycles. The van der Waals surface area contributed by atoms with Gasteiger partial charge in [0.2, 0.25) is 5.91 Å². The van der Waals surface area contributed by atoms with Crippen molar-refractivity contribution in [3.63, 3.8) is 0 Å². The molecule has 5 nitrogen and oxygen atoms in total. The third-order valence-corrected chi connectivity index (χ3v) is 4.58. The minimum Gasteiger partial charge on any atom is -0.347 e. The van der Waals surface area contributed by atoms with Crippen molar-refractivity contribution in [3.05, 3.63) is 71.3 Å². The van der Waals surface area contributed by atoms with Gasteiger partial charge in [-0.2, -0.15) is 0 Å². The number of hydrogen-bond donors (Lipinski definition) is 1. The summed E-state index contributed by atoms with van der Waals surface area (Å²) in [6, 6.07) is 18.7. The first kappa shape index (κ1) is 21.2. The summed E-state index contributed by atoms with van der Waals surface area (Å²) in [7, 11) is 3.53. The van der Waals surface area contributed by atoms with Crippen LogP contribution in [-0.2, 0) is 24.3 Å². The van der Waals surface area contributed by atoms with E-state index in [0.29, 0.717) is 6.54 Å². The molecule has 1 amide bonds.